The number of carbonyl (C=O) groups is 4. The molecule has 1 unspecified atom stereocenters. The van der Waals surface area contributed by atoms with Crippen molar-refractivity contribution in [3.05, 3.63) is 65.2 Å². The van der Waals surface area contributed by atoms with Crippen LogP contribution >= 0.6 is 0 Å². The molecule has 0 aromatic heterocycles. The Labute approximate surface area is 221 Å². The second-order valence-corrected chi connectivity index (χ2v) is 8.96. The Morgan fingerprint density at radius 2 is 1.32 bits per heavy atom. The molecule has 0 aliphatic carbocycles. The molecule has 0 radical (unpaired) electrons. The molecule has 10 nitrogen and oxygen atoms in total. The molecule has 204 valence electrons. The van der Waals surface area contributed by atoms with Crippen molar-refractivity contribution in [2.24, 2.45) is 0 Å². The van der Waals surface area contributed by atoms with Gasteiger partial charge in [0.2, 0.25) is 12.4 Å². The van der Waals surface area contributed by atoms with Crippen LogP contribution in [0.5, 0.6) is 5.75 Å². The SMILES string of the molecule is CC(=O)OC[C@H]1OC(Oc2ccccc2Cc2ccc(C)cc2)[C@H](OC(C)=O)[C@@H](OC(C)=O)[C@@H]1OC(C)=O. The molecule has 0 amide bonds. The van der Waals surface area contributed by atoms with Gasteiger partial charge in [0.1, 0.15) is 18.5 Å². The van der Waals surface area contributed by atoms with Crippen molar-refractivity contribution in [2.45, 2.75) is 71.7 Å². The largest absolute Gasteiger partial charge is 0.463 e. The Bertz CT molecular complexity index is 1140. The van der Waals surface area contributed by atoms with E-state index in [4.69, 9.17) is 28.4 Å². The molecule has 1 fully saturated rings. The minimum atomic E-state index is -1.30. The van der Waals surface area contributed by atoms with Gasteiger partial charge in [-0.15, -0.1) is 0 Å². The second kappa shape index (κ2) is 13.0. The number of rotatable bonds is 9. The minimum Gasteiger partial charge on any atom is -0.463 e. The summed E-state index contributed by atoms with van der Waals surface area (Å²) in [5.41, 5.74) is 3.01. The number of ether oxygens (including phenoxy) is 6. The number of hydrogen-bond donors (Lipinski definition) is 0. The van der Waals surface area contributed by atoms with Gasteiger partial charge in [-0.25, -0.2) is 0 Å². The van der Waals surface area contributed by atoms with E-state index in [1.54, 1.807) is 12.1 Å². The third-order valence-electron chi connectivity index (χ3n) is 5.68. The monoisotopic (exact) mass is 528 g/mol. The van der Waals surface area contributed by atoms with Crippen LogP contribution in [0.1, 0.15) is 44.4 Å². The van der Waals surface area contributed by atoms with E-state index in [2.05, 4.69) is 0 Å². The molecule has 3 rings (SSSR count). The summed E-state index contributed by atoms with van der Waals surface area (Å²) in [6.07, 6.45) is -5.70. The van der Waals surface area contributed by atoms with Crippen molar-refractivity contribution >= 4 is 23.9 Å². The fraction of sp³-hybridized carbons (Fsp3) is 0.429. The van der Waals surface area contributed by atoms with E-state index in [0.29, 0.717) is 12.2 Å². The van der Waals surface area contributed by atoms with Gasteiger partial charge in [-0.1, -0.05) is 48.0 Å². The standard InChI is InChI=1S/C28H32O10/c1-16-10-12-21(13-11-16)14-22-8-6-7-9-23(22)37-28-27(36-20(5)32)26(35-19(4)31)25(34-18(3)30)24(38-28)15-33-17(2)29/h6-13,24-28H,14-15H2,1-5H3/t24-,25-,26+,27-,28?/m1/s1. The molecule has 5 atom stereocenters. The maximum atomic E-state index is 12.1. The molecule has 1 aliphatic rings. The summed E-state index contributed by atoms with van der Waals surface area (Å²) in [6.45, 7) is 6.40. The highest BCUT2D eigenvalue weighted by Crippen LogP contribution is 2.32. The number of esters is 4. The predicted octanol–water partition coefficient (Wildman–Crippen LogP) is 3.05. The van der Waals surface area contributed by atoms with Crippen LogP contribution < -0.4 is 4.74 Å². The Balaban J connectivity index is 1.98. The lowest BCUT2D eigenvalue weighted by Crippen LogP contribution is -2.63. The molecule has 38 heavy (non-hydrogen) atoms. The topological polar surface area (TPSA) is 124 Å². The van der Waals surface area contributed by atoms with Gasteiger partial charge in [-0.05, 0) is 24.1 Å². The van der Waals surface area contributed by atoms with Crippen LogP contribution in [0.25, 0.3) is 0 Å². The highest BCUT2D eigenvalue weighted by atomic mass is 16.7. The minimum absolute atomic E-state index is 0.331. The van der Waals surface area contributed by atoms with Crippen LogP contribution in [0.2, 0.25) is 0 Å². The summed E-state index contributed by atoms with van der Waals surface area (Å²) in [5.74, 6) is -2.27. The maximum absolute atomic E-state index is 12.1. The second-order valence-electron chi connectivity index (χ2n) is 8.96. The van der Waals surface area contributed by atoms with Gasteiger partial charge >= 0.3 is 23.9 Å². The number of carbonyl (C=O) groups excluding carboxylic acids is 4. The first kappa shape index (κ1) is 28.6. The predicted molar refractivity (Wildman–Crippen MR) is 133 cm³/mol. The number of hydrogen-bond acceptors (Lipinski definition) is 10. The zero-order chi connectivity index (χ0) is 27.8. The van der Waals surface area contributed by atoms with Gasteiger partial charge < -0.3 is 28.4 Å². The molecule has 2 aromatic carbocycles. The van der Waals surface area contributed by atoms with E-state index in [1.165, 1.54) is 27.7 Å². The number of aryl methyl sites for hydroxylation is 1. The van der Waals surface area contributed by atoms with E-state index in [1.807, 2.05) is 43.3 Å². The van der Waals surface area contributed by atoms with Gasteiger partial charge in [0.15, 0.2) is 12.2 Å². The molecular weight excluding hydrogens is 496 g/mol. The quantitative estimate of drug-likeness (QED) is 0.354. The van der Waals surface area contributed by atoms with E-state index in [9.17, 15) is 19.2 Å². The fourth-order valence-electron chi connectivity index (χ4n) is 4.10. The van der Waals surface area contributed by atoms with Crippen molar-refractivity contribution in [2.75, 3.05) is 6.61 Å². The van der Waals surface area contributed by atoms with Crippen molar-refractivity contribution in [3.63, 3.8) is 0 Å². The lowest BCUT2D eigenvalue weighted by atomic mass is 9.98. The lowest BCUT2D eigenvalue weighted by molar-refractivity contribution is -0.288. The zero-order valence-electron chi connectivity index (χ0n) is 22.0. The highest BCUT2D eigenvalue weighted by Gasteiger charge is 2.53. The van der Waals surface area contributed by atoms with Gasteiger partial charge in [-0.2, -0.15) is 0 Å². The summed E-state index contributed by atoms with van der Waals surface area (Å²) in [5, 5.41) is 0. The molecule has 2 aromatic rings. The third-order valence-corrected chi connectivity index (χ3v) is 5.68. The average molecular weight is 529 g/mol. The molecule has 0 spiro atoms. The Morgan fingerprint density at radius 3 is 1.92 bits per heavy atom. The summed E-state index contributed by atoms with van der Waals surface area (Å²) in [7, 11) is 0. The molecule has 0 saturated carbocycles. The zero-order valence-corrected chi connectivity index (χ0v) is 22.0. The fourth-order valence-corrected chi connectivity index (χ4v) is 4.10. The number of para-hydroxylation sites is 1. The van der Waals surface area contributed by atoms with Crippen LogP contribution in [0, 0.1) is 6.92 Å². The Hall–Kier alpha value is -3.92. The summed E-state index contributed by atoms with van der Waals surface area (Å²) < 4.78 is 33.7. The Morgan fingerprint density at radius 1 is 0.737 bits per heavy atom. The summed E-state index contributed by atoms with van der Waals surface area (Å²) in [6, 6.07) is 15.3. The lowest BCUT2D eigenvalue weighted by Gasteiger charge is -2.44. The first-order valence-corrected chi connectivity index (χ1v) is 12.1. The van der Waals surface area contributed by atoms with Crippen molar-refractivity contribution in [1.82, 2.24) is 0 Å². The molecule has 1 aliphatic heterocycles. The highest BCUT2D eigenvalue weighted by molar-refractivity contribution is 5.68. The maximum Gasteiger partial charge on any atom is 0.303 e. The van der Waals surface area contributed by atoms with Crippen molar-refractivity contribution in [3.8, 4) is 5.75 Å². The van der Waals surface area contributed by atoms with Crippen LogP contribution in [0.4, 0.5) is 0 Å². The molecule has 1 saturated heterocycles. The molecule has 0 bridgehead atoms. The van der Waals surface area contributed by atoms with Crippen LogP contribution in [-0.4, -0.2) is 61.2 Å². The van der Waals surface area contributed by atoms with Gasteiger partial charge in [-0.3, -0.25) is 19.2 Å². The Kier molecular flexibility index (Phi) is 9.84. The van der Waals surface area contributed by atoms with Gasteiger partial charge in [0.25, 0.3) is 0 Å². The summed E-state index contributed by atoms with van der Waals surface area (Å²) in [4.78, 5) is 47.5. The normalized spacial score (nSPS) is 22.6. The van der Waals surface area contributed by atoms with Crippen LogP contribution in [-0.2, 0) is 49.3 Å². The first-order chi connectivity index (χ1) is 18.0. The van der Waals surface area contributed by atoms with E-state index < -0.39 is 54.6 Å². The summed E-state index contributed by atoms with van der Waals surface area (Å²) >= 11 is 0. The molecular formula is C28H32O10. The van der Waals surface area contributed by atoms with E-state index in [0.717, 1.165) is 16.7 Å². The first-order valence-electron chi connectivity index (χ1n) is 12.1. The van der Waals surface area contributed by atoms with E-state index >= 15 is 0 Å². The van der Waals surface area contributed by atoms with Gasteiger partial charge in [0.05, 0.1) is 0 Å². The molecule has 0 N–H and O–H groups in total. The average Bonchev–Trinajstić information content (AvgIpc) is 2.83. The van der Waals surface area contributed by atoms with Crippen molar-refractivity contribution < 1.29 is 47.6 Å². The van der Waals surface area contributed by atoms with E-state index in [-0.39, 0.29) is 6.61 Å². The van der Waals surface area contributed by atoms with Crippen molar-refractivity contribution in [1.29, 1.82) is 0 Å². The smallest absolute Gasteiger partial charge is 0.303 e. The van der Waals surface area contributed by atoms with Gasteiger partial charge in [0, 0.05) is 34.1 Å². The van der Waals surface area contributed by atoms with Crippen LogP contribution in [0.3, 0.4) is 0 Å². The third kappa shape index (κ3) is 8.04. The molecule has 1 heterocycles. The van der Waals surface area contributed by atoms with Crippen LogP contribution in [0.15, 0.2) is 48.5 Å². The molecule has 10 heteroatoms. The number of benzene rings is 2.